The Bertz CT molecular complexity index is 533. The fourth-order valence-corrected chi connectivity index (χ4v) is 2.05. The summed E-state index contributed by atoms with van der Waals surface area (Å²) in [6.07, 6.45) is 2.05. The number of carbonyl (C=O) groups excluding carboxylic acids is 1. The average Bonchev–Trinajstić information content (AvgIpc) is 2.44. The maximum absolute atomic E-state index is 11.0. The summed E-state index contributed by atoms with van der Waals surface area (Å²) in [4.78, 5) is 15.1. The summed E-state index contributed by atoms with van der Waals surface area (Å²) in [5, 5.41) is 0.863. The second kappa shape index (κ2) is 3.83. The molecular formula is C10H8Cl2N2O. The van der Waals surface area contributed by atoms with E-state index < -0.39 is 0 Å². The molecule has 2 rings (SSSR count). The van der Waals surface area contributed by atoms with Gasteiger partial charge in [0.15, 0.2) is 5.15 Å². The third-order valence-electron chi connectivity index (χ3n) is 2.05. The summed E-state index contributed by atoms with van der Waals surface area (Å²) in [7, 11) is 0. The van der Waals surface area contributed by atoms with E-state index >= 15 is 0 Å². The van der Waals surface area contributed by atoms with Gasteiger partial charge in [-0.15, -0.1) is 0 Å². The number of hydrogen-bond donors (Lipinski definition) is 0. The maximum atomic E-state index is 11.0. The van der Waals surface area contributed by atoms with Crippen LogP contribution in [0.15, 0.2) is 18.3 Å². The predicted octanol–water partition coefficient (Wildman–Crippen LogP) is 2.77. The second-order valence-corrected chi connectivity index (χ2v) is 4.04. The molecule has 0 amide bonds. The first kappa shape index (κ1) is 10.5. The summed E-state index contributed by atoms with van der Waals surface area (Å²) in [6, 6.07) is 3.53. The SMILES string of the molecule is CC(=O)Cc1nc(Cl)c2c(Cl)cccn12. The number of imidazole rings is 1. The fourth-order valence-electron chi connectivity index (χ4n) is 1.46. The summed E-state index contributed by atoms with van der Waals surface area (Å²) in [5.74, 6) is 0.656. The van der Waals surface area contributed by atoms with Crippen LogP contribution in [0, 0.1) is 0 Å². The van der Waals surface area contributed by atoms with E-state index in [1.54, 1.807) is 22.7 Å². The van der Waals surface area contributed by atoms with Gasteiger partial charge in [0.1, 0.15) is 17.1 Å². The number of carbonyl (C=O) groups is 1. The summed E-state index contributed by atoms with van der Waals surface area (Å²) in [5.41, 5.74) is 0.650. The Morgan fingerprint density at radius 3 is 2.93 bits per heavy atom. The fraction of sp³-hybridized carbons (Fsp3) is 0.200. The van der Waals surface area contributed by atoms with Gasteiger partial charge in [-0.1, -0.05) is 23.2 Å². The monoisotopic (exact) mass is 242 g/mol. The first-order chi connectivity index (χ1) is 7.09. The molecule has 0 N–H and O–H groups in total. The molecule has 5 heteroatoms. The van der Waals surface area contributed by atoms with Gasteiger partial charge in [0.2, 0.25) is 0 Å². The summed E-state index contributed by atoms with van der Waals surface area (Å²) in [6.45, 7) is 1.51. The van der Waals surface area contributed by atoms with Crippen LogP contribution in [0.25, 0.3) is 5.52 Å². The highest BCUT2D eigenvalue weighted by Crippen LogP contribution is 2.25. The number of hydrogen-bond acceptors (Lipinski definition) is 2. The van der Waals surface area contributed by atoms with Crippen LogP contribution in [0.5, 0.6) is 0 Å². The zero-order valence-electron chi connectivity index (χ0n) is 8.00. The van der Waals surface area contributed by atoms with Gasteiger partial charge in [-0.3, -0.25) is 4.79 Å². The third kappa shape index (κ3) is 1.85. The predicted molar refractivity (Wildman–Crippen MR) is 59.6 cm³/mol. The number of halogens is 2. The molecule has 0 aliphatic heterocycles. The van der Waals surface area contributed by atoms with Crippen molar-refractivity contribution in [2.75, 3.05) is 0 Å². The Labute approximate surface area is 96.6 Å². The van der Waals surface area contributed by atoms with Crippen molar-refractivity contribution in [1.29, 1.82) is 0 Å². The molecule has 78 valence electrons. The second-order valence-electron chi connectivity index (χ2n) is 3.27. The molecule has 0 bridgehead atoms. The van der Waals surface area contributed by atoms with Gasteiger partial charge in [0, 0.05) is 6.20 Å². The Hall–Kier alpha value is -1.06. The topological polar surface area (TPSA) is 34.4 Å². The number of nitrogens with zero attached hydrogens (tertiary/aromatic N) is 2. The number of fused-ring (bicyclic) bond motifs is 1. The molecule has 0 spiro atoms. The standard InChI is InChI=1S/C10H8Cl2N2O/c1-6(15)5-8-13-10(12)9-7(11)3-2-4-14(8)9/h2-4H,5H2,1H3. The van der Waals surface area contributed by atoms with Crippen molar-refractivity contribution in [3.8, 4) is 0 Å². The highest BCUT2D eigenvalue weighted by atomic mass is 35.5. The minimum absolute atomic E-state index is 0.0403. The molecule has 15 heavy (non-hydrogen) atoms. The Morgan fingerprint density at radius 2 is 2.27 bits per heavy atom. The van der Waals surface area contributed by atoms with Crippen LogP contribution in [0.4, 0.5) is 0 Å². The van der Waals surface area contributed by atoms with E-state index in [0.29, 0.717) is 21.5 Å². The molecule has 0 unspecified atom stereocenters. The van der Waals surface area contributed by atoms with Gasteiger partial charge in [-0.05, 0) is 19.1 Å². The van der Waals surface area contributed by atoms with Gasteiger partial charge >= 0.3 is 0 Å². The molecule has 3 nitrogen and oxygen atoms in total. The average molecular weight is 243 g/mol. The molecule has 2 aromatic heterocycles. The number of pyridine rings is 1. The summed E-state index contributed by atoms with van der Waals surface area (Å²) < 4.78 is 1.74. The van der Waals surface area contributed by atoms with Crippen LogP contribution in [0.1, 0.15) is 12.7 Å². The molecule has 0 saturated heterocycles. The zero-order valence-corrected chi connectivity index (χ0v) is 9.51. The van der Waals surface area contributed by atoms with E-state index in [9.17, 15) is 4.79 Å². The van der Waals surface area contributed by atoms with Crippen LogP contribution in [0.2, 0.25) is 10.2 Å². The van der Waals surface area contributed by atoms with Gasteiger partial charge in [0.05, 0.1) is 11.4 Å². The van der Waals surface area contributed by atoms with E-state index in [2.05, 4.69) is 4.98 Å². The van der Waals surface area contributed by atoms with Crippen LogP contribution >= 0.6 is 23.2 Å². The van der Waals surface area contributed by atoms with Gasteiger partial charge < -0.3 is 4.40 Å². The molecule has 2 heterocycles. The van der Waals surface area contributed by atoms with E-state index in [1.165, 1.54) is 6.92 Å². The van der Waals surface area contributed by atoms with Gasteiger partial charge in [-0.25, -0.2) is 4.98 Å². The van der Waals surface area contributed by atoms with E-state index in [1.807, 2.05) is 0 Å². The first-order valence-corrected chi connectivity index (χ1v) is 5.15. The quantitative estimate of drug-likeness (QED) is 0.812. The van der Waals surface area contributed by atoms with Crippen molar-refractivity contribution in [2.45, 2.75) is 13.3 Å². The van der Waals surface area contributed by atoms with Crippen molar-refractivity contribution >= 4 is 34.5 Å². The molecule has 0 saturated carbocycles. The maximum Gasteiger partial charge on any atom is 0.156 e. The van der Waals surface area contributed by atoms with Gasteiger partial charge in [-0.2, -0.15) is 0 Å². The molecule has 0 aliphatic rings. The van der Waals surface area contributed by atoms with Gasteiger partial charge in [0.25, 0.3) is 0 Å². The third-order valence-corrected chi connectivity index (χ3v) is 2.62. The van der Waals surface area contributed by atoms with Crippen molar-refractivity contribution in [1.82, 2.24) is 9.38 Å². The lowest BCUT2D eigenvalue weighted by atomic mass is 10.3. The minimum atomic E-state index is 0.0403. The first-order valence-electron chi connectivity index (χ1n) is 4.40. The van der Waals surface area contributed by atoms with E-state index in [-0.39, 0.29) is 12.2 Å². The molecule has 0 radical (unpaired) electrons. The van der Waals surface area contributed by atoms with Crippen LogP contribution in [0.3, 0.4) is 0 Å². The molecule has 2 aromatic rings. The minimum Gasteiger partial charge on any atom is -0.301 e. The number of Topliss-reactive ketones (excluding diaryl/α,β-unsaturated/α-hetero) is 1. The van der Waals surface area contributed by atoms with Crippen molar-refractivity contribution in [3.63, 3.8) is 0 Å². The van der Waals surface area contributed by atoms with Crippen LogP contribution < -0.4 is 0 Å². The number of ketones is 1. The lowest BCUT2D eigenvalue weighted by Crippen LogP contribution is -2.01. The number of rotatable bonds is 2. The van der Waals surface area contributed by atoms with Crippen LogP contribution in [-0.2, 0) is 11.2 Å². The molecule has 0 aliphatic carbocycles. The van der Waals surface area contributed by atoms with E-state index in [0.717, 1.165) is 0 Å². The summed E-state index contributed by atoms with van der Waals surface area (Å²) >= 11 is 11.9. The normalized spacial score (nSPS) is 10.9. The lowest BCUT2D eigenvalue weighted by Gasteiger charge is -1.99. The Balaban J connectivity index is 2.68. The lowest BCUT2D eigenvalue weighted by molar-refractivity contribution is -0.116. The van der Waals surface area contributed by atoms with Crippen molar-refractivity contribution < 1.29 is 4.79 Å². The van der Waals surface area contributed by atoms with Crippen molar-refractivity contribution in [3.05, 3.63) is 34.3 Å². The van der Waals surface area contributed by atoms with Crippen LogP contribution in [-0.4, -0.2) is 15.2 Å². The molecule has 0 atom stereocenters. The highest BCUT2D eigenvalue weighted by molar-refractivity contribution is 6.39. The number of aromatic nitrogens is 2. The Kier molecular flexibility index (Phi) is 2.67. The Morgan fingerprint density at radius 1 is 1.53 bits per heavy atom. The molecular weight excluding hydrogens is 235 g/mol. The van der Waals surface area contributed by atoms with Crippen molar-refractivity contribution in [2.24, 2.45) is 0 Å². The molecule has 0 fully saturated rings. The molecule has 0 aromatic carbocycles. The van der Waals surface area contributed by atoms with E-state index in [4.69, 9.17) is 23.2 Å². The largest absolute Gasteiger partial charge is 0.301 e. The highest BCUT2D eigenvalue weighted by Gasteiger charge is 2.12. The zero-order chi connectivity index (χ0) is 11.0. The smallest absolute Gasteiger partial charge is 0.156 e.